The maximum atomic E-state index is 12.7. The molecule has 32 heavy (non-hydrogen) atoms. The number of carbonyl (C=O) groups is 1. The van der Waals surface area contributed by atoms with Crippen LogP contribution in [-0.2, 0) is 16.6 Å². The molecule has 1 amide bonds. The van der Waals surface area contributed by atoms with Crippen molar-refractivity contribution in [1.29, 1.82) is 0 Å². The number of hydrogen-bond donors (Lipinski definition) is 1. The van der Waals surface area contributed by atoms with Crippen LogP contribution in [0.3, 0.4) is 0 Å². The zero-order chi connectivity index (χ0) is 22.6. The Bertz CT molecular complexity index is 1190. The van der Waals surface area contributed by atoms with E-state index in [4.69, 9.17) is 9.47 Å². The number of rotatable bonds is 7. The van der Waals surface area contributed by atoms with E-state index in [9.17, 15) is 13.2 Å². The second-order valence-electron chi connectivity index (χ2n) is 7.38. The van der Waals surface area contributed by atoms with Crippen LogP contribution >= 0.6 is 0 Å². The number of nitrogens with zero attached hydrogens (tertiary/aromatic N) is 1. The SMILES string of the molecule is COc1cc(C(=O)Nc2ccc(N3CCCS3(=O)=O)cc2)ccc1OCc1ccccc1. The molecule has 8 heteroatoms. The number of ether oxygens (including phenoxy) is 2. The van der Waals surface area contributed by atoms with E-state index in [1.54, 1.807) is 42.5 Å². The average Bonchev–Trinajstić information content (AvgIpc) is 3.17. The highest BCUT2D eigenvalue weighted by molar-refractivity contribution is 7.93. The van der Waals surface area contributed by atoms with E-state index in [2.05, 4.69) is 5.32 Å². The Labute approximate surface area is 187 Å². The van der Waals surface area contributed by atoms with Gasteiger partial charge in [0.15, 0.2) is 11.5 Å². The van der Waals surface area contributed by atoms with Crippen LogP contribution in [0, 0.1) is 0 Å². The normalized spacial score (nSPS) is 14.7. The number of carbonyl (C=O) groups excluding carboxylic acids is 1. The lowest BCUT2D eigenvalue weighted by Crippen LogP contribution is -2.24. The Hall–Kier alpha value is -3.52. The van der Waals surface area contributed by atoms with Gasteiger partial charge in [0, 0.05) is 17.8 Å². The lowest BCUT2D eigenvalue weighted by molar-refractivity contribution is 0.102. The molecule has 1 heterocycles. The first-order chi connectivity index (χ1) is 15.5. The predicted molar refractivity (Wildman–Crippen MR) is 124 cm³/mol. The van der Waals surface area contributed by atoms with Gasteiger partial charge in [0.2, 0.25) is 10.0 Å². The molecular formula is C24H24N2O5S. The molecule has 0 bridgehead atoms. The first kappa shape index (κ1) is 21.7. The van der Waals surface area contributed by atoms with Crippen molar-refractivity contribution in [3.8, 4) is 11.5 Å². The van der Waals surface area contributed by atoms with Crippen LogP contribution in [0.15, 0.2) is 72.8 Å². The van der Waals surface area contributed by atoms with Crippen LogP contribution in [0.25, 0.3) is 0 Å². The van der Waals surface area contributed by atoms with Gasteiger partial charge in [-0.3, -0.25) is 9.10 Å². The van der Waals surface area contributed by atoms with E-state index >= 15 is 0 Å². The minimum atomic E-state index is -3.23. The van der Waals surface area contributed by atoms with Crippen molar-refractivity contribution in [2.24, 2.45) is 0 Å². The minimum Gasteiger partial charge on any atom is -0.493 e. The summed E-state index contributed by atoms with van der Waals surface area (Å²) in [6.07, 6.45) is 0.619. The molecule has 1 saturated heterocycles. The third-order valence-corrected chi connectivity index (χ3v) is 7.04. The van der Waals surface area contributed by atoms with Crippen molar-refractivity contribution in [2.45, 2.75) is 13.0 Å². The molecule has 0 unspecified atom stereocenters. The van der Waals surface area contributed by atoms with Gasteiger partial charge in [-0.2, -0.15) is 0 Å². The highest BCUT2D eigenvalue weighted by atomic mass is 32.2. The Morgan fingerprint density at radius 3 is 2.41 bits per heavy atom. The van der Waals surface area contributed by atoms with Crippen molar-refractivity contribution in [3.05, 3.63) is 83.9 Å². The van der Waals surface area contributed by atoms with Gasteiger partial charge in [-0.1, -0.05) is 30.3 Å². The van der Waals surface area contributed by atoms with Crippen molar-refractivity contribution in [2.75, 3.05) is 29.0 Å². The van der Waals surface area contributed by atoms with Gasteiger partial charge < -0.3 is 14.8 Å². The molecule has 166 valence electrons. The first-order valence-corrected chi connectivity index (χ1v) is 11.8. The molecule has 0 aromatic heterocycles. The number of nitrogens with one attached hydrogen (secondary N) is 1. The fourth-order valence-corrected chi connectivity index (χ4v) is 5.07. The zero-order valence-corrected chi connectivity index (χ0v) is 18.5. The summed E-state index contributed by atoms with van der Waals surface area (Å²) in [6, 6.07) is 21.5. The van der Waals surface area contributed by atoms with Crippen molar-refractivity contribution in [3.63, 3.8) is 0 Å². The number of amides is 1. The van der Waals surface area contributed by atoms with Crippen molar-refractivity contribution < 1.29 is 22.7 Å². The lowest BCUT2D eigenvalue weighted by Gasteiger charge is -2.17. The topological polar surface area (TPSA) is 84.9 Å². The maximum absolute atomic E-state index is 12.7. The van der Waals surface area contributed by atoms with E-state index in [1.807, 2.05) is 30.3 Å². The molecule has 4 rings (SSSR count). The van der Waals surface area contributed by atoms with E-state index in [1.165, 1.54) is 11.4 Å². The molecule has 7 nitrogen and oxygen atoms in total. The van der Waals surface area contributed by atoms with Crippen LogP contribution in [0.1, 0.15) is 22.3 Å². The fourth-order valence-electron chi connectivity index (χ4n) is 3.51. The predicted octanol–water partition coefficient (Wildman–Crippen LogP) is 4.07. The van der Waals surface area contributed by atoms with Crippen LogP contribution in [0.2, 0.25) is 0 Å². The van der Waals surface area contributed by atoms with Crippen LogP contribution in [-0.4, -0.2) is 33.7 Å². The summed E-state index contributed by atoms with van der Waals surface area (Å²) in [5.41, 5.74) is 2.61. The summed E-state index contributed by atoms with van der Waals surface area (Å²) in [6.45, 7) is 0.869. The molecular weight excluding hydrogens is 428 g/mol. The van der Waals surface area contributed by atoms with Gasteiger partial charge in [-0.05, 0) is 54.4 Å². The number of benzene rings is 3. The molecule has 3 aromatic carbocycles. The molecule has 0 radical (unpaired) electrons. The Morgan fingerprint density at radius 1 is 1.00 bits per heavy atom. The quantitative estimate of drug-likeness (QED) is 0.584. The molecule has 1 fully saturated rings. The highest BCUT2D eigenvalue weighted by Gasteiger charge is 2.28. The van der Waals surface area contributed by atoms with Gasteiger partial charge in [-0.25, -0.2) is 8.42 Å². The number of sulfonamides is 1. The second-order valence-corrected chi connectivity index (χ2v) is 9.40. The van der Waals surface area contributed by atoms with Gasteiger partial charge in [-0.15, -0.1) is 0 Å². The molecule has 0 spiro atoms. The van der Waals surface area contributed by atoms with Crippen LogP contribution < -0.4 is 19.1 Å². The number of methoxy groups -OCH3 is 1. The van der Waals surface area contributed by atoms with E-state index in [-0.39, 0.29) is 11.7 Å². The van der Waals surface area contributed by atoms with Gasteiger partial charge >= 0.3 is 0 Å². The molecule has 1 aliphatic rings. The Kier molecular flexibility index (Phi) is 6.32. The second kappa shape index (κ2) is 9.32. The molecule has 1 aliphatic heterocycles. The third-order valence-electron chi connectivity index (χ3n) is 5.18. The first-order valence-electron chi connectivity index (χ1n) is 10.2. The summed E-state index contributed by atoms with van der Waals surface area (Å²) in [5.74, 6) is 0.866. The van der Waals surface area contributed by atoms with Gasteiger partial charge in [0.05, 0.1) is 18.6 Å². The third kappa shape index (κ3) is 4.86. The smallest absolute Gasteiger partial charge is 0.255 e. The number of hydrogen-bond acceptors (Lipinski definition) is 5. The summed E-state index contributed by atoms with van der Waals surface area (Å²) < 4.78 is 36.8. The van der Waals surface area contributed by atoms with E-state index in [0.717, 1.165) is 5.56 Å². The Morgan fingerprint density at radius 2 is 1.75 bits per heavy atom. The van der Waals surface area contributed by atoms with Crippen LogP contribution in [0.4, 0.5) is 11.4 Å². The average molecular weight is 453 g/mol. The lowest BCUT2D eigenvalue weighted by atomic mass is 10.1. The summed E-state index contributed by atoms with van der Waals surface area (Å²) in [4.78, 5) is 12.7. The largest absolute Gasteiger partial charge is 0.493 e. The van der Waals surface area contributed by atoms with E-state index < -0.39 is 10.0 Å². The monoisotopic (exact) mass is 452 g/mol. The summed E-state index contributed by atoms with van der Waals surface area (Å²) >= 11 is 0. The maximum Gasteiger partial charge on any atom is 0.255 e. The number of anilines is 2. The summed E-state index contributed by atoms with van der Waals surface area (Å²) in [7, 11) is -1.71. The van der Waals surface area contributed by atoms with Crippen LogP contribution in [0.5, 0.6) is 11.5 Å². The van der Waals surface area contributed by atoms with Gasteiger partial charge in [0.1, 0.15) is 6.61 Å². The molecule has 3 aromatic rings. The molecule has 0 aliphatic carbocycles. The molecule has 1 N–H and O–H groups in total. The standard InChI is InChI=1S/C24H24N2O5S/c1-30-23-16-19(8-13-22(23)31-17-18-6-3-2-4-7-18)24(27)25-20-9-11-21(12-10-20)26-14-5-15-32(26,28)29/h2-4,6-13,16H,5,14-15,17H2,1H3,(H,25,27). The fraction of sp³-hybridized carbons (Fsp3) is 0.208. The van der Waals surface area contributed by atoms with E-state index in [0.29, 0.717) is 48.0 Å². The van der Waals surface area contributed by atoms with Crippen molar-refractivity contribution in [1.82, 2.24) is 0 Å². The molecule has 0 saturated carbocycles. The zero-order valence-electron chi connectivity index (χ0n) is 17.7. The molecule has 0 atom stereocenters. The van der Waals surface area contributed by atoms with Crippen molar-refractivity contribution >= 4 is 27.3 Å². The van der Waals surface area contributed by atoms with Gasteiger partial charge in [0.25, 0.3) is 5.91 Å². The minimum absolute atomic E-state index is 0.165. The summed E-state index contributed by atoms with van der Waals surface area (Å²) in [5, 5.41) is 2.82. The Balaban J connectivity index is 1.42. The highest BCUT2D eigenvalue weighted by Crippen LogP contribution is 2.30.